The number of phosphoric acid groups is 1. The van der Waals surface area contributed by atoms with Gasteiger partial charge in [-0.25, -0.2) is 9.55 Å². The maximum atomic E-state index is 8.88. The van der Waals surface area contributed by atoms with E-state index in [4.69, 9.17) is 19.2 Å². The smallest absolute Gasteiger partial charge is 0.348 e. The van der Waals surface area contributed by atoms with E-state index in [1.807, 2.05) is 13.1 Å². The van der Waals surface area contributed by atoms with E-state index in [-0.39, 0.29) is 0 Å². The zero-order chi connectivity index (χ0) is 10.5. The Balaban J connectivity index is 0.000000252. The largest absolute Gasteiger partial charge is 0.466 e. The summed E-state index contributed by atoms with van der Waals surface area (Å²) in [6, 6.07) is 0. The molecule has 4 N–H and O–H groups in total. The van der Waals surface area contributed by atoms with Crippen molar-refractivity contribution < 1.29 is 19.2 Å². The van der Waals surface area contributed by atoms with Crippen molar-refractivity contribution in [2.24, 2.45) is 0 Å². The summed E-state index contributed by atoms with van der Waals surface area (Å²) in [6.45, 7) is 4.06. The lowest BCUT2D eigenvalue weighted by Gasteiger charge is -1.82. The number of H-pyrrole nitrogens is 1. The molecule has 0 aromatic carbocycles. The van der Waals surface area contributed by atoms with Crippen LogP contribution in [0.3, 0.4) is 0 Å². The second-order valence-corrected chi connectivity index (χ2v) is 3.38. The number of nitrogens with one attached hydrogen (secondary N) is 1. The molecule has 0 bridgehead atoms. The van der Waals surface area contributed by atoms with E-state index in [0.717, 1.165) is 17.9 Å². The molecule has 0 unspecified atom stereocenters. The first-order valence-electron chi connectivity index (χ1n) is 3.62. The zero-order valence-corrected chi connectivity index (χ0v) is 8.32. The highest BCUT2D eigenvalue weighted by atomic mass is 31.2. The molecule has 0 fully saturated rings. The molecular formula is C6H13N2O4P. The van der Waals surface area contributed by atoms with Gasteiger partial charge in [-0.2, -0.15) is 0 Å². The van der Waals surface area contributed by atoms with Crippen LogP contribution in [0.5, 0.6) is 0 Å². The van der Waals surface area contributed by atoms with Crippen molar-refractivity contribution >= 4 is 7.82 Å². The molecule has 6 nitrogen and oxygen atoms in total. The van der Waals surface area contributed by atoms with E-state index in [2.05, 4.69) is 16.9 Å². The third kappa shape index (κ3) is 9.23. The predicted octanol–water partition coefficient (Wildman–Crippen LogP) is 0.352. The Morgan fingerprint density at radius 1 is 1.54 bits per heavy atom. The highest BCUT2D eigenvalue weighted by molar-refractivity contribution is 7.45. The average molecular weight is 208 g/mol. The minimum Gasteiger partial charge on any atom is -0.348 e. The van der Waals surface area contributed by atoms with Gasteiger partial charge >= 0.3 is 7.82 Å². The molecule has 0 atom stereocenters. The average Bonchev–Trinajstić information content (AvgIpc) is 2.31. The Kier molecular flexibility index (Phi) is 4.87. The molecule has 0 aliphatic rings. The zero-order valence-electron chi connectivity index (χ0n) is 7.43. The van der Waals surface area contributed by atoms with Gasteiger partial charge in [0.2, 0.25) is 0 Å². The Morgan fingerprint density at radius 2 is 2.00 bits per heavy atom. The molecule has 0 aliphatic heterocycles. The molecule has 0 amide bonds. The fourth-order valence-corrected chi connectivity index (χ4v) is 0.646. The number of aromatic nitrogens is 2. The lowest BCUT2D eigenvalue weighted by Crippen LogP contribution is -1.80. The van der Waals surface area contributed by atoms with Gasteiger partial charge in [0, 0.05) is 12.6 Å². The maximum Gasteiger partial charge on any atom is 0.466 e. The lowest BCUT2D eigenvalue weighted by molar-refractivity contribution is 0.275. The van der Waals surface area contributed by atoms with Crippen LogP contribution in [-0.4, -0.2) is 24.6 Å². The maximum absolute atomic E-state index is 8.88. The number of nitrogens with zero attached hydrogens (tertiary/aromatic N) is 1. The Labute approximate surface area is 75.9 Å². The van der Waals surface area contributed by atoms with Gasteiger partial charge in [-0.05, 0) is 6.92 Å². The summed E-state index contributed by atoms with van der Waals surface area (Å²) in [5.41, 5.74) is 1.07. The number of rotatable bonds is 1. The van der Waals surface area contributed by atoms with Gasteiger partial charge in [0.05, 0.1) is 5.69 Å². The molecule has 1 aromatic rings. The highest BCUT2D eigenvalue weighted by Crippen LogP contribution is 2.25. The first kappa shape index (κ1) is 12.3. The van der Waals surface area contributed by atoms with Gasteiger partial charge in [-0.3, -0.25) is 0 Å². The third-order valence-corrected chi connectivity index (χ3v) is 1.09. The van der Waals surface area contributed by atoms with E-state index >= 15 is 0 Å². The molecule has 1 rings (SSSR count). The molecule has 7 heteroatoms. The molecule has 13 heavy (non-hydrogen) atoms. The number of aryl methyl sites for hydroxylation is 2. The van der Waals surface area contributed by atoms with Crippen molar-refractivity contribution in [3.05, 3.63) is 17.7 Å². The van der Waals surface area contributed by atoms with Gasteiger partial charge in [-0.1, -0.05) is 6.92 Å². The first-order valence-corrected chi connectivity index (χ1v) is 5.18. The van der Waals surface area contributed by atoms with E-state index < -0.39 is 7.82 Å². The van der Waals surface area contributed by atoms with E-state index in [0.29, 0.717) is 0 Å². The van der Waals surface area contributed by atoms with Crippen LogP contribution in [0.15, 0.2) is 6.20 Å². The number of hydrogen-bond donors (Lipinski definition) is 4. The molecule has 1 aromatic heterocycles. The number of aromatic amines is 1. The predicted molar refractivity (Wildman–Crippen MR) is 47.0 cm³/mol. The van der Waals surface area contributed by atoms with E-state index in [9.17, 15) is 0 Å². The Bertz CT molecular complexity index is 284. The molecule has 0 radical (unpaired) electrons. The van der Waals surface area contributed by atoms with Crippen molar-refractivity contribution in [2.75, 3.05) is 0 Å². The molecule has 0 saturated heterocycles. The van der Waals surface area contributed by atoms with Crippen LogP contribution in [0.2, 0.25) is 0 Å². The van der Waals surface area contributed by atoms with Crippen LogP contribution in [0, 0.1) is 6.92 Å². The molecule has 0 aliphatic carbocycles. The normalized spacial score (nSPS) is 10.5. The van der Waals surface area contributed by atoms with Crippen molar-refractivity contribution in [3.8, 4) is 0 Å². The monoisotopic (exact) mass is 208 g/mol. The van der Waals surface area contributed by atoms with Crippen LogP contribution in [0.25, 0.3) is 0 Å². The van der Waals surface area contributed by atoms with Crippen LogP contribution in [0.1, 0.15) is 18.4 Å². The molecular weight excluding hydrogens is 195 g/mol. The van der Waals surface area contributed by atoms with Crippen LogP contribution in [-0.2, 0) is 11.0 Å². The standard InChI is InChI=1S/C6H10N2.H3O4P/c1-3-6-7-4-5(2)8-6;1-5(2,3)4/h4H,3H2,1-2H3,(H,7,8);(H3,1,2,3,4). The number of imidazole rings is 1. The Morgan fingerprint density at radius 3 is 2.15 bits per heavy atom. The van der Waals surface area contributed by atoms with Gasteiger partial charge in [0.25, 0.3) is 0 Å². The van der Waals surface area contributed by atoms with E-state index in [1.165, 1.54) is 0 Å². The summed E-state index contributed by atoms with van der Waals surface area (Å²) in [7, 11) is -4.64. The molecule has 0 spiro atoms. The SMILES string of the molecule is CCc1nc(C)c[nH]1.O=P(O)(O)O. The van der Waals surface area contributed by atoms with Crippen LogP contribution < -0.4 is 0 Å². The fourth-order valence-electron chi connectivity index (χ4n) is 0.646. The summed E-state index contributed by atoms with van der Waals surface area (Å²) in [5.74, 6) is 1.07. The fraction of sp³-hybridized carbons (Fsp3) is 0.500. The van der Waals surface area contributed by atoms with Gasteiger partial charge < -0.3 is 19.7 Å². The number of hydrogen-bond acceptors (Lipinski definition) is 2. The minimum absolute atomic E-state index is 0.994. The van der Waals surface area contributed by atoms with Crippen molar-refractivity contribution in [3.63, 3.8) is 0 Å². The summed E-state index contributed by atoms with van der Waals surface area (Å²) in [4.78, 5) is 28.8. The molecule has 1 heterocycles. The molecule has 0 saturated carbocycles. The third-order valence-electron chi connectivity index (χ3n) is 1.09. The summed E-state index contributed by atoms with van der Waals surface area (Å²) in [5, 5.41) is 0. The quantitative estimate of drug-likeness (QED) is 0.498. The van der Waals surface area contributed by atoms with E-state index in [1.54, 1.807) is 0 Å². The van der Waals surface area contributed by atoms with Gasteiger partial charge in [0.15, 0.2) is 0 Å². The minimum atomic E-state index is -4.64. The highest BCUT2D eigenvalue weighted by Gasteiger charge is 2.00. The summed E-state index contributed by atoms with van der Waals surface area (Å²) < 4.78 is 8.88. The van der Waals surface area contributed by atoms with Gasteiger partial charge in [-0.15, -0.1) is 0 Å². The lowest BCUT2D eigenvalue weighted by atomic mass is 10.5. The van der Waals surface area contributed by atoms with Crippen molar-refractivity contribution in [1.82, 2.24) is 9.97 Å². The molecule has 76 valence electrons. The first-order chi connectivity index (χ1) is 5.83. The van der Waals surface area contributed by atoms with Crippen molar-refractivity contribution in [1.29, 1.82) is 0 Å². The van der Waals surface area contributed by atoms with Crippen molar-refractivity contribution in [2.45, 2.75) is 20.3 Å². The topological polar surface area (TPSA) is 106 Å². The second-order valence-electron chi connectivity index (χ2n) is 2.36. The Hall–Kier alpha value is -0.680. The van der Waals surface area contributed by atoms with Crippen LogP contribution >= 0.6 is 7.82 Å². The second kappa shape index (κ2) is 5.14. The van der Waals surface area contributed by atoms with Crippen LogP contribution in [0.4, 0.5) is 0 Å². The summed E-state index contributed by atoms with van der Waals surface area (Å²) in [6.07, 6.45) is 2.91. The summed E-state index contributed by atoms with van der Waals surface area (Å²) >= 11 is 0. The van der Waals surface area contributed by atoms with Gasteiger partial charge in [0.1, 0.15) is 5.82 Å².